The highest BCUT2D eigenvalue weighted by Crippen LogP contribution is 2.28. The van der Waals surface area contributed by atoms with E-state index in [1.54, 1.807) is 25.5 Å². The molecule has 27 heavy (non-hydrogen) atoms. The fourth-order valence-electron chi connectivity index (χ4n) is 3.67. The van der Waals surface area contributed by atoms with Gasteiger partial charge >= 0.3 is 0 Å². The fraction of sp³-hybridized carbons (Fsp3) is 0.286. The van der Waals surface area contributed by atoms with Crippen LogP contribution in [-0.2, 0) is 4.79 Å². The Kier molecular flexibility index (Phi) is 4.87. The molecule has 1 saturated heterocycles. The Morgan fingerprint density at radius 1 is 1.30 bits per heavy atom. The van der Waals surface area contributed by atoms with Crippen LogP contribution in [0.4, 0.5) is 0 Å². The lowest BCUT2D eigenvalue weighted by molar-refractivity contribution is -0.127. The van der Waals surface area contributed by atoms with Crippen LogP contribution in [0.25, 0.3) is 17.0 Å². The van der Waals surface area contributed by atoms with Gasteiger partial charge in [-0.3, -0.25) is 9.89 Å². The number of H-pyrrole nitrogens is 1. The third-order valence-corrected chi connectivity index (χ3v) is 5.05. The molecular formula is C21H22N4O2. The van der Waals surface area contributed by atoms with Gasteiger partial charge in [-0.15, -0.1) is 0 Å². The number of nitrogens with one attached hydrogen (secondary N) is 1. The summed E-state index contributed by atoms with van der Waals surface area (Å²) in [5.41, 5.74) is 2.78. The molecule has 6 nitrogen and oxygen atoms in total. The maximum atomic E-state index is 12.7. The number of carbonyl (C=O) groups is 1. The number of rotatable bonds is 4. The lowest BCUT2D eigenvalue weighted by atomic mass is 9.90. The van der Waals surface area contributed by atoms with E-state index in [4.69, 9.17) is 4.74 Å². The molecule has 2 aromatic heterocycles. The third kappa shape index (κ3) is 3.56. The summed E-state index contributed by atoms with van der Waals surface area (Å²) in [6.07, 6.45) is 7.15. The molecule has 1 fully saturated rings. The number of amides is 1. The lowest BCUT2D eigenvalue weighted by Crippen LogP contribution is -2.38. The minimum absolute atomic E-state index is 0.0150. The first-order valence-electron chi connectivity index (χ1n) is 9.15. The molecule has 138 valence electrons. The van der Waals surface area contributed by atoms with Gasteiger partial charge in [-0.1, -0.05) is 30.3 Å². The molecule has 6 heteroatoms. The first kappa shape index (κ1) is 17.3. The lowest BCUT2D eigenvalue weighted by Gasteiger charge is -2.32. The number of nitrogens with zero attached hydrogens (tertiary/aromatic N) is 3. The highest BCUT2D eigenvalue weighted by Gasteiger charge is 2.23. The van der Waals surface area contributed by atoms with Crippen LogP contribution in [0, 0.1) is 0 Å². The molecule has 3 aromatic rings. The van der Waals surface area contributed by atoms with Crippen molar-refractivity contribution in [2.45, 2.75) is 18.8 Å². The molecule has 1 amide bonds. The van der Waals surface area contributed by atoms with Crippen LogP contribution in [0.5, 0.6) is 5.88 Å². The van der Waals surface area contributed by atoms with Crippen LogP contribution in [0.3, 0.4) is 0 Å². The quantitative estimate of drug-likeness (QED) is 0.722. The standard InChI is InChI=1S/C21H22N4O2/c1-27-21-20-17(23-24-18(20)11-12-22-21)9-10-19(26)25-13-5-8-16(14-25)15-6-3-2-4-7-15/h2-4,6-7,9-12,16H,5,8,13-14H2,1H3,(H,23,24)/b10-9+. The molecular weight excluding hydrogens is 340 g/mol. The Bertz CT molecular complexity index is 965. The smallest absolute Gasteiger partial charge is 0.246 e. The third-order valence-electron chi connectivity index (χ3n) is 5.05. The number of aromatic amines is 1. The molecule has 1 aromatic carbocycles. The zero-order valence-electron chi connectivity index (χ0n) is 15.3. The maximum absolute atomic E-state index is 12.7. The van der Waals surface area contributed by atoms with Gasteiger partial charge < -0.3 is 9.64 Å². The topological polar surface area (TPSA) is 71.1 Å². The first-order valence-corrected chi connectivity index (χ1v) is 9.15. The number of ether oxygens (including phenoxy) is 1. The summed E-state index contributed by atoms with van der Waals surface area (Å²) < 4.78 is 5.31. The van der Waals surface area contributed by atoms with E-state index in [1.165, 1.54) is 5.56 Å². The number of benzene rings is 1. The van der Waals surface area contributed by atoms with Gasteiger partial charge in [0.25, 0.3) is 0 Å². The van der Waals surface area contributed by atoms with Crippen LogP contribution in [0.2, 0.25) is 0 Å². The molecule has 1 unspecified atom stereocenters. The molecule has 0 bridgehead atoms. The summed E-state index contributed by atoms with van der Waals surface area (Å²) in [6, 6.07) is 12.2. The van der Waals surface area contributed by atoms with Crippen molar-refractivity contribution in [1.29, 1.82) is 0 Å². The minimum Gasteiger partial charge on any atom is -0.480 e. The Morgan fingerprint density at radius 3 is 2.96 bits per heavy atom. The number of likely N-dealkylation sites (tertiary alicyclic amines) is 1. The van der Waals surface area contributed by atoms with E-state index >= 15 is 0 Å². The molecule has 0 saturated carbocycles. The van der Waals surface area contributed by atoms with E-state index < -0.39 is 0 Å². The second-order valence-electron chi connectivity index (χ2n) is 6.72. The van der Waals surface area contributed by atoms with Crippen LogP contribution in [-0.4, -0.2) is 46.2 Å². The second kappa shape index (κ2) is 7.61. The summed E-state index contributed by atoms with van der Waals surface area (Å²) in [5, 5.41) is 7.98. The van der Waals surface area contributed by atoms with Crippen molar-refractivity contribution in [3.8, 4) is 5.88 Å². The highest BCUT2D eigenvalue weighted by molar-refractivity contribution is 5.96. The number of piperidine rings is 1. The molecule has 3 heterocycles. The molecule has 0 aliphatic carbocycles. The number of hydrogen-bond donors (Lipinski definition) is 1. The Balaban J connectivity index is 1.50. The van der Waals surface area contributed by atoms with Crippen LogP contribution in [0.1, 0.15) is 30.0 Å². The number of methoxy groups -OCH3 is 1. The number of pyridine rings is 1. The van der Waals surface area contributed by atoms with Crippen LogP contribution in [0.15, 0.2) is 48.7 Å². The van der Waals surface area contributed by atoms with Gasteiger partial charge in [0, 0.05) is 31.3 Å². The number of carbonyl (C=O) groups excluding carboxylic acids is 1. The first-order chi connectivity index (χ1) is 13.3. The number of fused-ring (bicyclic) bond motifs is 1. The van der Waals surface area contributed by atoms with Crippen molar-refractivity contribution in [3.63, 3.8) is 0 Å². The largest absolute Gasteiger partial charge is 0.480 e. The van der Waals surface area contributed by atoms with Gasteiger partial charge in [0.1, 0.15) is 0 Å². The molecule has 1 N–H and O–H groups in total. The van der Waals surface area contributed by atoms with E-state index in [9.17, 15) is 4.79 Å². The summed E-state index contributed by atoms with van der Waals surface area (Å²) in [7, 11) is 1.57. The zero-order chi connectivity index (χ0) is 18.6. The fourth-order valence-corrected chi connectivity index (χ4v) is 3.67. The Hall–Kier alpha value is -3.15. The van der Waals surface area contributed by atoms with Crippen molar-refractivity contribution < 1.29 is 9.53 Å². The van der Waals surface area contributed by atoms with Gasteiger partial charge in [-0.2, -0.15) is 5.10 Å². The molecule has 0 spiro atoms. The van der Waals surface area contributed by atoms with Crippen LogP contribution < -0.4 is 4.74 Å². The van der Waals surface area contributed by atoms with E-state index in [0.717, 1.165) is 42.5 Å². The maximum Gasteiger partial charge on any atom is 0.246 e. The summed E-state index contributed by atoms with van der Waals surface area (Å²) in [4.78, 5) is 18.8. The second-order valence-corrected chi connectivity index (χ2v) is 6.72. The monoisotopic (exact) mass is 362 g/mol. The SMILES string of the molecule is COc1nccc2n[nH]c(/C=C/C(=O)N3CCCC(c4ccccc4)C3)c12. The van der Waals surface area contributed by atoms with Gasteiger partial charge in [0.15, 0.2) is 0 Å². The van der Waals surface area contributed by atoms with E-state index in [-0.39, 0.29) is 5.91 Å². The van der Waals surface area contributed by atoms with E-state index in [0.29, 0.717) is 11.8 Å². The normalized spacial score (nSPS) is 17.5. The zero-order valence-corrected chi connectivity index (χ0v) is 15.3. The Morgan fingerprint density at radius 2 is 2.15 bits per heavy atom. The molecule has 0 radical (unpaired) electrons. The van der Waals surface area contributed by atoms with Gasteiger partial charge in [0.05, 0.1) is 23.7 Å². The molecule has 1 aliphatic heterocycles. The van der Waals surface area contributed by atoms with Crippen molar-refractivity contribution in [2.75, 3.05) is 20.2 Å². The predicted octanol–water partition coefficient (Wildman–Crippen LogP) is 3.39. The Labute approximate surface area is 157 Å². The number of aromatic nitrogens is 3. The average molecular weight is 362 g/mol. The summed E-state index contributed by atoms with van der Waals surface area (Å²) in [6.45, 7) is 1.54. The van der Waals surface area contributed by atoms with E-state index in [1.807, 2.05) is 17.0 Å². The average Bonchev–Trinajstić information content (AvgIpc) is 3.16. The van der Waals surface area contributed by atoms with E-state index in [2.05, 4.69) is 39.4 Å². The van der Waals surface area contributed by atoms with Gasteiger partial charge in [-0.25, -0.2) is 4.98 Å². The minimum atomic E-state index is 0.0150. The molecule has 4 rings (SSSR count). The molecule has 1 atom stereocenters. The van der Waals surface area contributed by atoms with Crippen molar-refractivity contribution in [2.24, 2.45) is 0 Å². The van der Waals surface area contributed by atoms with Crippen molar-refractivity contribution in [3.05, 3.63) is 59.9 Å². The predicted molar refractivity (Wildman–Crippen MR) is 104 cm³/mol. The van der Waals surface area contributed by atoms with Crippen molar-refractivity contribution >= 4 is 22.9 Å². The molecule has 1 aliphatic rings. The van der Waals surface area contributed by atoms with Crippen molar-refractivity contribution in [1.82, 2.24) is 20.1 Å². The summed E-state index contributed by atoms with van der Waals surface area (Å²) >= 11 is 0. The van der Waals surface area contributed by atoms with Crippen LogP contribution >= 0.6 is 0 Å². The van der Waals surface area contributed by atoms with Gasteiger partial charge in [-0.05, 0) is 30.5 Å². The highest BCUT2D eigenvalue weighted by atomic mass is 16.5. The number of hydrogen-bond acceptors (Lipinski definition) is 4. The summed E-state index contributed by atoms with van der Waals surface area (Å²) in [5.74, 6) is 0.909. The van der Waals surface area contributed by atoms with Gasteiger partial charge in [0.2, 0.25) is 11.8 Å².